The van der Waals surface area contributed by atoms with Gasteiger partial charge in [-0.15, -0.1) is 0 Å². The van der Waals surface area contributed by atoms with Crippen LogP contribution in [0.25, 0.3) is 0 Å². The number of aliphatic hydroxyl groups is 1. The number of sulfonamides is 1. The van der Waals surface area contributed by atoms with Gasteiger partial charge in [0.05, 0.1) is 17.0 Å². The molecule has 2 N–H and O–H groups in total. The van der Waals surface area contributed by atoms with Crippen molar-refractivity contribution < 1.29 is 23.1 Å². The molecule has 0 radical (unpaired) electrons. The van der Waals surface area contributed by atoms with Gasteiger partial charge in [-0.1, -0.05) is 73.7 Å². The molecule has 0 unspecified atom stereocenters. The van der Waals surface area contributed by atoms with Gasteiger partial charge in [-0.2, -0.15) is 4.31 Å². The van der Waals surface area contributed by atoms with Crippen molar-refractivity contribution in [3.8, 4) is 5.75 Å². The molecule has 3 aromatic rings. The molecule has 1 aliphatic heterocycles. The van der Waals surface area contributed by atoms with E-state index >= 15 is 0 Å². The smallest absolute Gasteiger partial charge is 0.410 e. The molecule has 0 saturated heterocycles. The summed E-state index contributed by atoms with van der Waals surface area (Å²) in [7, 11) is -3.80. The Labute approximate surface area is 206 Å². The van der Waals surface area contributed by atoms with Gasteiger partial charge in [0.25, 0.3) is 0 Å². The molecular formula is C27H30N2O5S. The van der Waals surface area contributed by atoms with Gasteiger partial charge in [0.2, 0.25) is 10.0 Å². The number of nitrogens with one attached hydrogen (secondary N) is 1. The Morgan fingerprint density at radius 2 is 1.66 bits per heavy atom. The van der Waals surface area contributed by atoms with Crippen LogP contribution in [0.4, 0.5) is 4.79 Å². The molecule has 7 nitrogen and oxygen atoms in total. The molecule has 1 aliphatic rings. The number of carbonyl (C=O) groups excluding carboxylic acids is 1. The molecule has 184 valence electrons. The normalized spacial score (nSPS) is 19.1. The van der Waals surface area contributed by atoms with E-state index in [0.29, 0.717) is 18.6 Å². The van der Waals surface area contributed by atoms with Crippen molar-refractivity contribution in [1.82, 2.24) is 9.62 Å². The van der Waals surface area contributed by atoms with E-state index in [4.69, 9.17) is 4.74 Å². The van der Waals surface area contributed by atoms with E-state index in [9.17, 15) is 18.3 Å². The van der Waals surface area contributed by atoms with Crippen molar-refractivity contribution >= 4 is 16.1 Å². The largest absolute Gasteiger partial charge is 0.412 e. The highest BCUT2D eigenvalue weighted by atomic mass is 32.2. The van der Waals surface area contributed by atoms with Gasteiger partial charge in [-0.05, 0) is 48.1 Å². The van der Waals surface area contributed by atoms with E-state index in [1.807, 2.05) is 55.5 Å². The summed E-state index contributed by atoms with van der Waals surface area (Å²) < 4.78 is 33.6. The number of aliphatic hydroxyl groups excluding tert-OH is 1. The van der Waals surface area contributed by atoms with Crippen LogP contribution in [-0.2, 0) is 22.9 Å². The summed E-state index contributed by atoms with van der Waals surface area (Å²) >= 11 is 0. The fraction of sp³-hybridized carbons (Fsp3) is 0.296. The van der Waals surface area contributed by atoms with Gasteiger partial charge in [0.1, 0.15) is 5.75 Å². The number of amides is 1. The van der Waals surface area contributed by atoms with Gasteiger partial charge in [0.15, 0.2) is 0 Å². The number of hydrogen-bond acceptors (Lipinski definition) is 5. The zero-order valence-corrected chi connectivity index (χ0v) is 20.4. The maximum atomic E-state index is 13.5. The quantitative estimate of drug-likeness (QED) is 0.523. The molecule has 35 heavy (non-hydrogen) atoms. The Hall–Kier alpha value is -3.20. The summed E-state index contributed by atoms with van der Waals surface area (Å²) in [4.78, 5) is 12.9. The van der Waals surface area contributed by atoms with Crippen molar-refractivity contribution in [3.63, 3.8) is 0 Å². The minimum Gasteiger partial charge on any atom is -0.410 e. The van der Waals surface area contributed by atoms with Crippen LogP contribution >= 0.6 is 0 Å². The van der Waals surface area contributed by atoms with E-state index in [2.05, 4.69) is 5.32 Å². The zero-order chi connectivity index (χ0) is 24.8. The predicted octanol–water partition coefficient (Wildman–Crippen LogP) is 3.63. The summed E-state index contributed by atoms with van der Waals surface area (Å²) in [5.74, 6) is 0.447. The standard InChI is InChI=1S/C27H30N2O5S/c1-20-16-22-12-8-9-15-26(22)35(32,33)29(18-20)19-25(30)24(17-21-10-4-2-5-11-21)28-27(31)34-23-13-6-3-7-14-23/h2-15,20,24-25,30H,16-19H2,1H3,(H,28,31)/t20-,24-,25+/m0/s1. The second kappa shape index (κ2) is 11.0. The Morgan fingerprint density at radius 3 is 2.37 bits per heavy atom. The first-order valence-corrected chi connectivity index (χ1v) is 13.1. The van der Waals surface area contributed by atoms with Crippen LogP contribution in [0.1, 0.15) is 18.1 Å². The van der Waals surface area contributed by atoms with Gasteiger partial charge in [0, 0.05) is 13.1 Å². The third-order valence-corrected chi connectivity index (χ3v) is 8.02. The summed E-state index contributed by atoms with van der Waals surface area (Å²) in [5, 5.41) is 14.0. The van der Waals surface area contributed by atoms with Crippen molar-refractivity contribution in [3.05, 3.63) is 96.1 Å². The third-order valence-electron chi connectivity index (χ3n) is 6.08. The number of nitrogens with zero attached hydrogens (tertiary/aromatic N) is 1. The fourth-order valence-electron chi connectivity index (χ4n) is 4.39. The summed E-state index contributed by atoms with van der Waals surface area (Å²) in [6.07, 6.45) is -0.928. The first kappa shape index (κ1) is 24.9. The highest BCUT2D eigenvalue weighted by Gasteiger charge is 2.35. The predicted molar refractivity (Wildman–Crippen MR) is 134 cm³/mol. The first-order chi connectivity index (χ1) is 16.8. The molecule has 0 fully saturated rings. The summed E-state index contributed by atoms with van der Waals surface area (Å²) in [6.45, 7) is 2.12. The van der Waals surface area contributed by atoms with Crippen LogP contribution in [0.2, 0.25) is 0 Å². The lowest BCUT2D eigenvalue weighted by Crippen LogP contribution is -2.51. The zero-order valence-electron chi connectivity index (χ0n) is 19.6. The molecular weight excluding hydrogens is 464 g/mol. The molecule has 0 spiro atoms. The summed E-state index contributed by atoms with van der Waals surface area (Å²) in [5.41, 5.74) is 1.68. The highest BCUT2D eigenvalue weighted by Crippen LogP contribution is 2.28. The molecule has 3 aromatic carbocycles. The topological polar surface area (TPSA) is 95.9 Å². The molecule has 8 heteroatoms. The number of fused-ring (bicyclic) bond motifs is 1. The average molecular weight is 495 g/mol. The van der Waals surface area contributed by atoms with Crippen LogP contribution < -0.4 is 10.1 Å². The molecule has 1 amide bonds. The molecule has 0 bridgehead atoms. The van der Waals surface area contributed by atoms with Gasteiger partial charge < -0.3 is 15.2 Å². The number of rotatable bonds is 7. The van der Waals surface area contributed by atoms with E-state index in [1.54, 1.807) is 36.4 Å². The van der Waals surface area contributed by atoms with Crippen LogP contribution in [-0.4, -0.2) is 49.2 Å². The molecule has 0 saturated carbocycles. The van der Waals surface area contributed by atoms with Gasteiger partial charge in [-0.3, -0.25) is 0 Å². The summed E-state index contributed by atoms with van der Waals surface area (Å²) in [6, 6.07) is 24.3. The van der Waals surface area contributed by atoms with Gasteiger partial charge in [-0.25, -0.2) is 13.2 Å². The van der Waals surface area contributed by atoms with Crippen LogP contribution in [0, 0.1) is 5.92 Å². The Kier molecular flexibility index (Phi) is 7.85. The lowest BCUT2D eigenvalue weighted by atomic mass is 10.00. The molecule has 0 aliphatic carbocycles. The molecule has 3 atom stereocenters. The lowest BCUT2D eigenvalue weighted by molar-refractivity contribution is 0.0991. The average Bonchev–Trinajstić information content (AvgIpc) is 2.93. The SMILES string of the molecule is C[C@H]1Cc2ccccc2S(=O)(=O)N(C[C@@H](O)[C@H](Cc2ccccc2)NC(=O)Oc2ccccc2)C1. The van der Waals surface area contributed by atoms with E-state index in [0.717, 1.165) is 11.1 Å². The van der Waals surface area contributed by atoms with Crippen molar-refractivity contribution in [2.75, 3.05) is 13.1 Å². The number of hydrogen-bond donors (Lipinski definition) is 2. The maximum absolute atomic E-state index is 13.5. The number of para-hydroxylation sites is 1. The lowest BCUT2D eigenvalue weighted by Gasteiger charge is -2.29. The number of ether oxygens (including phenoxy) is 1. The Balaban J connectivity index is 1.55. The third kappa shape index (κ3) is 6.28. The fourth-order valence-corrected chi connectivity index (χ4v) is 6.20. The van der Waals surface area contributed by atoms with E-state index in [-0.39, 0.29) is 23.9 Å². The van der Waals surface area contributed by atoms with Crippen molar-refractivity contribution in [1.29, 1.82) is 0 Å². The van der Waals surface area contributed by atoms with E-state index < -0.39 is 28.3 Å². The minimum absolute atomic E-state index is 0.0733. The minimum atomic E-state index is -3.80. The van der Waals surface area contributed by atoms with Gasteiger partial charge >= 0.3 is 6.09 Å². The van der Waals surface area contributed by atoms with Crippen LogP contribution in [0.3, 0.4) is 0 Å². The molecule has 1 heterocycles. The van der Waals surface area contributed by atoms with Crippen molar-refractivity contribution in [2.45, 2.75) is 36.8 Å². The highest BCUT2D eigenvalue weighted by molar-refractivity contribution is 7.89. The number of carbonyl (C=O) groups is 1. The second-order valence-electron chi connectivity index (χ2n) is 8.95. The Bertz CT molecular complexity index is 1230. The first-order valence-electron chi connectivity index (χ1n) is 11.7. The number of β-amino-alcohol motifs (C(OH)–C–C–N with tert-alkyl or cyclic N) is 1. The second-order valence-corrected chi connectivity index (χ2v) is 10.9. The van der Waals surface area contributed by atoms with Crippen molar-refractivity contribution in [2.24, 2.45) is 5.92 Å². The number of benzene rings is 3. The Morgan fingerprint density at radius 1 is 1.03 bits per heavy atom. The van der Waals surface area contributed by atoms with Crippen LogP contribution in [0.5, 0.6) is 5.75 Å². The molecule has 4 rings (SSSR count). The maximum Gasteiger partial charge on any atom is 0.412 e. The van der Waals surface area contributed by atoms with E-state index in [1.165, 1.54) is 4.31 Å². The monoisotopic (exact) mass is 494 g/mol. The molecule has 0 aromatic heterocycles. The van der Waals surface area contributed by atoms with Crippen LogP contribution in [0.15, 0.2) is 89.8 Å².